The molecule has 1 aliphatic carbocycles. The van der Waals surface area contributed by atoms with Gasteiger partial charge in [-0.1, -0.05) is 35.5 Å². The minimum atomic E-state index is -4.54. The smallest absolute Gasteiger partial charge is 0.393 e. The van der Waals surface area contributed by atoms with Crippen LogP contribution in [0.15, 0.2) is 34.9 Å². The fourth-order valence-corrected chi connectivity index (χ4v) is 2.47. The Morgan fingerprint density at radius 1 is 1.39 bits per heavy atom. The number of rotatable bonds is 5. The largest absolute Gasteiger partial charge is 0.481 e. The van der Waals surface area contributed by atoms with Gasteiger partial charge in [0.1, 0.15) is 0 Å². The number of benzene rings is 1. The number of alkyl halides is 3. The number of carboxylic acids is 1. The molecule has 1 fully saturated rings. The Kier molecular flexibility index (Phi) is 3.50. The van der Waals surface area contributed by atoms with E-state index in [-0.39, 0.29) is 11.8 Å². The van der Waals surface area contributed by atoms with Crippen LogP contribution in [0, 0.1) is 11.3 Å². The molecule has 3 rings (SSSR count). The van der Waals surface area contributed by atoms with E-state index >= 15 is 0 Å². The fraction of sp³-hybridized carbons (Fsp3) is 0.357. The molecule has 0 saturated heterocycles. The molecule has 23 heavy (non-hydrogen) atoms. The van der Waals surface area contributed by atoms with Crippen LogP contribution in [0.5, 0.6) is 0 Å². The third-order valence-corrected chi connectivity index (χ3v) is 3.91. The normalized spacial score (nSPS) is 23.5. The lowest BCUT2D eigenvalue weighted by atomic mass is 10.0. The van der Waals surface area contributed by atoms with Gasteiger partial charge >= 0.3 is 18.2 Å². The molecule has 2 N–H and O–H groups in total. The van der Waals surface area contributed by atoms with Crippen molar-refractivity contribution in [2.24, 2.45) is 11.3 Å². The molecule has 1 saturated carbocycles. The first-order chi connectivity index (χ1) is 10.8. The Labute approximate surface area is 128 Å². The third kappa shape index (κ3) is 2.86. The summed E-state index contributed by atoms with van der Waals surface area (Å²) in [5, 5.41) is 15.3. The topological polar surface area (TPSA) is 88.2 Å². The molecule has 122 valence electrons. The maximum absolute atomic E-state index is 12.7. The number of hydrogen-bond donors (Lipinski definition) is 2. The molecule has 0 spiro atoms. The van der Waals surface area contributed by atoms with E-state index in [9.17, 15) is 18.0 Å². The van der Waals surface area contributed by atoms with Gasteiger partial charge in [-0.2, -0.15) is 18.2 Å². The van der Waals surface area contributed by atoms with Crippen molar-refractivity contribution in [3.63, 3.8) is 0 Å². The van der Waals surface area contributed by atoms with Crippen molar-refractivity contribution in [3.05, 3.63) is 30.3 Å². The van der Waals surface area contributed by atoms with E-state index in [0.717, 1.165) is 0 Å². The van der Waals surface area contributed by atoms with Crippen LogP contribution in [0.3, 0.4) is 0 Å². The third-order valence-electron chi connectivity index (χ3n) is 3.91. The molecule has 0 amide bonds. The van der Waals surface area contributed by atoms with Crippen LogP contribution in [-0.2, 0) is 4.79 Å². The summed E-state index contributed by atoms with van der Waals surface area (Å²) in [4.78, 5) is 15.2. The number of hydrogen-bond acceptors (Lipinski definition) is 5. The van der Waals surface area contributed by atoms with Crippen molar-refractivity contribution in [2.45, 2.75) is 12.6 Å². The number of carboxylic acid groups (broad SMARTS) is 1. The van der Waals surface area contributed by atoms with Crippen LogP contribution >= 0.6 is 0 Å². The van der Waals surface area contributed by atoms with Crippen LogP contribution in [0.25, 0.3) is 11.4 Å². The number of carbonyl (C=O) groups is 1. The van der Waals surface area contributed by atoms with E-state index in [0.29, 0.717) is 5.56 Å². The quantitative estimate of drug-likeness (QED) is 0.878. The molecule has 6 nitrogen and oxygen atoms in total. The monoisotopic (exact) mass is 327 g/mol. The minimum absolute atomic E-state index is 0.114. The second kappa shape index (κ2) is 5.25. The Hall–Kier alpha value is -2.58. The molecular weight excluding hydrogens is 315 g/mol. The highest BCUT2D eigenvalue weighted by Crippen LogP contribution is 2.60. The zero-order valence-corrected chi connectivity index (χ0v) is 11.7. The van der Waals surface area contributed by atoms with Crippen molar-refractivity contribution in [3.8, 4) is 11.4 Å². The van der Waals surface area contributed by atoms with Crippen LogP contribution < -0.4 is 5.32 Å². The van der Waals surface area contributed by atoms with E-state index < -0.39 is 36.4 Å². The molecule has 1 aromatic heterocycles. The minimum Gasteiger partial charge on any atom is -0.481 e. The first-order valence-electron chi connectivity index (χ1n) is 6.76. The SMILES string of the molecule is O=C(O)[C@@]1(CNc2nc(-c3ccccc3)no2)C[C@@H]1C(F)(F)F. The molecule has 1 aliphatic rings. The summed E-state index contributed by atoms with van der Waals surface area (Å²) in [6.07, 6.45) is -5.00. The second-order valence-electron chi connectivity index (χ2n) is 5.40. The predicted octanol–water partition coefficient (Wildman–Crippen LogP) is 2.80. The second-order valence-corrected chi connectivity index (χ2v) is 5.40. The average molecular weight is 327 g/mol. The van der Waals surface area contributed by atoms with Gasteiger partial charge in [-0.3, -0.25) is 4.79 Å². The lowest BCUT2D eigenvalue weighted by molar-refractivity contribution is -0.167. The molecule has 1 aromatic carbocycles. The molecule has 0 bridgehead atoms. The van der Waals surface area contributed by atoms with Gasteiger partial charge in [0.05, 0.1) is 11.3 Å². The van der Waals surface area contributed by atoms with Crippen molar-refractivity contribution < 1.29 is 27.6 Å². The summed E-state index contributed by atoms with van der Waals surface area (Å²) < 4.78 is 43.0. The standard InChI is InChI=1S/C14H12F3N3O3/c15-14(16,17)9-6-13(9,11(21)22)7-18-12-19-10(20-23-12)8-4-2-1-3-5-8/h1-5,9H,6-7H2,(H,21,22)(H,18,19,20)/t9-,13+/m0/s1. The van der Waals surface area contributed by atoms with E-state index in [2.05, 4.69) is 15.5 Å². The zero-order valence-electron chi connectivity index (χ0n) is 11.7. The molecular formula is C14H12F3N3O3. The predicted molar refractivity (Wildman–Crippen MR) is 72.5 cm³/mol. The fourth-order valence-electron chi connectivity index (χ4n) is 2.47. The van der Waals surface area contributed by atoms with E-state index in [1.807, 2.05) is 6.07 Å². The van der Waals surface area contributed by atoms with Crippen molar-refractivity contribution in [1.82, 2.24) is 10.1 Å². The highest BCUT2D eigenvalue weighted by molar-refractivity contribution is 5.79. The van der Waals surface area contributed by atoms with E-state index in [4.69, 9.17) is 9.63 Å². The maximum Gasteiger partial charge on any atom is 0.393 e. The first kappa shape index (κ1) is 15.3. The van der Waals surface area contributed by atoms with Crippen molar-refractivity contribution >= 4 is 12.0 Å². The van der Waals surface area contributed by atoms with Gasteiger partial charge in [-0.05, 0) is 6.42 Å². The van der Waals surface area contributed by atoms with E-state index in [1.165, 1.54) is 0 Å². The highest BCUT2D eigenvalue weighted by Gasteiger charge is 2.71. The Morgan fingerprint density at radius 2 is 2.09 bits per heavy atom. The lowest BCUT2D eigenvalue weighted by Gasteiger charge is -2.13. The van der Waals surface area contributed by atoms with Crippen LogP contribution in [0.2, 0.25) is 0 Å². The zero-order chi connectivity index (χ0) is 16.7. The summed E-state index contributed by atoms with van der Waals surface area (Å²) in [6, 6.07) is 8.73. The van der Waals surface area contributed by atoms with Crippen molar-refractivity contribution in [1.29, 1.82) is 0 Å². The summed E-state index contributed by atoms with van der Waals surface area (Å²) in [7, 11) is 0. The number of aromatic nitrogens is 2. The van der Waals surface area contributed by atoms with E-state index in [1.54, 1.807) is 24.3 Å². The van der Waals surface area contributed by atoms with Gasteiger partial charge in [0.2, 0.25) is 5.82 Å². The van der Waals surface area contributed by atoms with Gasteiger partial charge in [0.15, 0.2) is 0 Å². The Bertz CT molecular complexity index is 717. The van der Waals surface area contributed by atoms with Gasteiger partial charge < -0.3 is 14.9 Å². The highest BCUT2D eigenvalue weighted by atomic mass is 19.4. The van der Waals surface area contributed by atoms with Gasteiger partial charge in [0.25, 0.3) is 0 Å². The van der Waals surface area contributed by atoms with Gasteiger partial charge in [0, 0.05) is 12.1 Å². The molecule has 9 heteroatoms. The molecule has 0 unspecified atom stereocenters. The molecule has 0 aliphatic heterocycles. The summed E-state index contributed by atoms with van der Waals surface area (Å²) >= 11 is 0. The van der Waals surface area contributed by atoms with Crippen LogP contribution in [-0.4, -0.2) is 33.9 Å². The number of nitrogens with zero attached hydrogens (tertiary/aromatic N) is 2. The van der Waals surface area contributed by atoms with Gasteiger partial charge in [-0.15, -0.1) is 0 Å². The number of halogens is 3. The average Bonchev–Trinajstić information content (AvgIpc) is 3.10. The lowest BCUT2D eigenvalue weighted by Crippen LogP contribution is -2.31. The molecule has 1 heterocycles. The van der Waals surface area contributed by atoms with Gasteiger partial charge in [-0.25, -0.2) is 0 Å². The first-order valence-corrected chi connectivity index (χ1v) is 6.76. The summed E-state index contributed by atoms with van der Waals surface area (Å²) in [5.74, 6) is -3.09. The summed E-state index contributed by atoms with van der Waals surface area (Å²) in [5.41, 5.74) is -1.20. The molecule has 2 atom stereocenters. The maximum atomic E-state index is 12.7. The number of nitrogens with one attached hydrogen (secondary N) is 1. The van der Waals surface area contributed by atoms with Crippen molar-refractivity contribution in [2.75, 3.05) is 11.9 Å². The molecule has 0 radical (unpaired) electrons. The van der Waals surface area contributed by atoms with Crippen LogP contribution in [0.1, 0.15) is 6.42 Å². The number of aliphatic carboxylic acids is 1. The Morgan fingerprint density at radius 3 is 2.65 bits per heavy atom. The van der Waals surface area contributed by atoms with Crippen LogP contribution in [0.4, 0.5) is 19.2 Å². The summed E-state index contributed by atoms with van der Waals surface area (Å²) in [6.45, 7) is -0.428. The Balaban J connectivity index is 1.69. The number of anilines is 1. The molecule has 2 aromatic rings.